The van der Waals surface area contributed by atoms with Gasteiger partial charge in [-0.05, 0) is 29.8 Å². The minimum atomic E-state index is -0.152. The first-order chi connectivity index (χ1) is 11.2. The van der Waals surface area contributed by atoms with Crippen molar-refractivity contribution in [3.05, 3.63) is 52.9 Å². The van der Waals surface area contributed by atoms with Crippen LogP contribution in [0.3, 0.4) is 0 Å². The monoisotopic (exact) mass is 310 g/mol. The second-order valence-corrected chi connectivity index (χ2v) is 5.37. The molecule has 0 amide bonds. The molecule has 3 aromatic rings. The van der Waals surface area contributed by atoms with E-state index in [4.69, 9.17) is 13.9 Å². The van der Waals surface area contributed by atoms with Gasteiger partial charge in [0.25, 0.3) is 0 Å². The zero-order valence-electron chi connectivity index (χ0n) is 12.2. The molecular formula is C18H14O5. The van der Waals surface area contributed by atoms with Gasteiger partial charge in [0.2, 0.25) is 0 Å². The van der Waals surface area contributed by atoms with Crippen molar-refractivity contribution in [2.75, 3.05) is 13.2 Å². The lowest BCUT2D eigenvalue weighted by atomic mass is 10.0. The predicted octanol–water partition coefficient (Wildman–Crippen LogP) is 3.33. The SMILES string of the molecule is O=c1c(-c2ccc3c(c2)OCCCO3)coc2cc(O)ccc12. The summed E-state index contributed by atoms with van der Waals surface area (Å²) in [5, 5.41) is 9.90. The maximum atomic E-state index is 12.7. The summed E-state index contributed by atoms with van der Waals surface area (Å²) < 4.78 is 16.8. The Morgan fingerprint density at radius 3 is 2.65 bits per heavy atom. The summed E-state index contributed by atoms with van der Waals surface area (Å²) in [5.74, 6) is 1.37. The molecule has 2 aromatic carbocycles. The summed E-state index contributed by atoms with van der Waals surface area (Å²) in [4.78, 5) is 12.7. The molecule has 0 saturated carbocycles. The molecule has 1 aliphatic rings. The molecule has 0 atom stereocenters. The highest BCUT2D eigenvalue weighted by atomic mass is 16.5. The molecular weight excluding hydrogens is 296 g/mol. The lowest BCUT2D eigenvalue weighted by Crippen LogP contribution is -2.04. The number of rotatable bonds is 1. The third kappa shape index (κ3) is 2.40. The molecule has 23 heavy (non-hydrogen) atoms. The largest absolute Gasteiger partial charge is 0.508 e. The number of benzene rings is 2. The highest BCUT2D eigenvalue weighted by Crippen LogP contribution is 2.34. The summed E-state index contributed by atoms with van der Waals surface area (Å²) in [6.45, 7) is 1.20. The third-order valence-corrected chi connectivity index (χ3v) is 3.82. The molecule has 0 unspecified atom stereocenters. The number of ether oxygens (including phenoxy) is 2. The first kappa shape index (κ1) is 13.7. The Labute approximate surface area is 131 Å². The first-order valence-corrected chi connectivity index (χ1v) is 7.37. The maximum Gasteiger partial charge on any atom is 0.200 e. The van der Waals surface area contributed by atoms with Crippen molar-refractivity contribution in [3.63, 3.8) is 0 Å². The van der Waals surface area contributed by atoms with Crippen LogP contribution in [-0.2, 0) is 0 Å². The Hall–Kier alpha value is -2.95. The number of hydrogen-bond acceptors (Lipinski definition) is 5. The van der Waals surface area contributed by atoms with E-state index in [1.54, 1.807) is 18.2 Å². The van der Waals surface area contributed by atoms with Crippen LogP contribution in [0.5, 0.6) is 17.2 Å². The molecule has 2 heterocycles. The Balaban J connectivity index is 1.86. The van der Waals surface area contributed by atoms with Gasteiger partial charge in [0, 0.05) is 12.5 Å². The van der Waals surface area contributed by atoms with Crippen LogP contribution < -0.4 is 14.9 Å². The van der Waals surface area contributed by atoms with Crippen molar-refractivity contribution in [1.29, 1.82) is 0 Å². The quantitative estimate of drug-likeness (QED) is 0.746. The van der Waals surface area contributed by atoms with E-state index < -0.39 is 0 Å². The Morgan fingerprint density at radius 2 is 1.78 bits per heavy atom. The second kappa shape index (κ2) is 5.35. The lowest BCUT2D eigenvalue weighted by molar-refractivity contribution is 0.297. The van der Waals surface area contributed by atoms with Crippen LogP contribution in [0.25, 0.3) is 22.1 Å². The van der Waals surface area contributed by atoms with Gasteiger partial charge < -0.3 is 19.0 Å². The fourth-order valence-electron chi connectivity index (χ4n) is 2.65. The maximum absolute atomic E-state index is 12.7. The number of phenolic OH excluding ortho intramolecular Hbond substituents is 1. The average Bonchev–Trinajstić information content (AvgIpc) is 2.79. The number of phenols is 1. The summed E-state index contributed by atoms with van der Waals surface area (Å²) in [5.41, 5.74) is 1.35. The van der Waals surface area contributed by atoms with Gasteiger partial charge in [0.05, 0.1) is 24.2 Å². The highest BCUT2D eigenvalue weighted by molar-refractivity contribution is 5.82. The molecule has 5 nitrogen and oxygen atoms in total. The molecule has 0 aliphatic carbocycles. The van der Waals surface area contributed by atoms with E-state index in [9.17, 15) is 9.90 Å². The van der Waals surface area contributed by atoms with Crippen LogP contribution in [0.2, 0.25) is 0 Å². The summed E-state index contributed by atoms with van der Waals surface area (Å²) >= 11 is 0. The van der Waals surface area contributed by atoms with E-state index in [1.165, 1.54) is 18.4 Å². The van der Waals surface area contributed by atoms with Gasteiger partial charge in [-0.25, -0.2) is 0 Å². The minimum Gasteiger partial charge on any atom is -0.508 e. The van der Waals surface area contributed by atoms with E-state index in [0.29, 0.717) is 46.8 Å². The topological polar surface area (TPSA) is 68.9 Å². The van der Waals surface area contributed by atoms with Gasteiger partial charge in [-0.15, -0.1) is 0 Å². The summed E-state index contributed by atoms with van der Waals surface area (Å²) in [7, 11) is 0. The summed E-state index contributed by atoms with van der Waals surface area (Å²) in [6.07, 6.45) is 2.23. The smallest absolute Gasteiger partial charge is 0.200 e. The van der Waals surface area contributed by atoms with Crippen molar-refractivity contribution in [1.82, 2.24) is 0 Å². The molecule has 0 bridgehead atoms. The molecule has 0 radical (unpaired) electrons. The van der Waals surface area contributed by atoms with Crippen LogP contribution in [-0.4, -0.2) is 18.3 Å². The third-order valence-electron chi connectivity index (χ3n) is 3.82. The molecule has 0 spiro atoms. The van der Waals surface area contributed by atoms with Crippen molar-refractivity contribution in [2.45, 2.75) is 6.42 Å². The van der Waals surface area contributed by atoms with Gasteiger partial charge in [-0.3, -0.25) is 4.79 Å². The highest BCUT2D eigenvalue weighted by Gasteiger charge is 2.14. The van der Waals surface area contributed by atoms with Gasteiger partial charge in [0.15, 0.2) is 16.9 Å². The molecule has 4 rings (SSSR count). The Morgan fingerprint density at radius 1 is 0.957 bits per heavy atom. The van der Waals surface area contributed by atoms with E-state index in [1.807, 2.05) is 6.07 Å². The number of aromatic hydroxyl groups is 1. The molecule has 1 N–H and O–H groups in total. The van der Waals surface area contributed by atoms with Crippen molar-refractivity contribution in [3.8, 4) is 28.4 Å². The van der Waals surface area contributed by atoms with Gasteiger partial charge >= 0.3 is 0 Å². The van der Waals surface area contributed by atoms with E-state index in [0.717, 1.165) is 6.42 Å². The van der Waals surface area contributed by atoms with Gasteiger partial charge in [0.1, 0.15) is 17.6 Å². The van der Waals surface area contributed by atoms with Crippen LogP contribution in [0.15, 0.2) is 51.9 Å². The molecule has 1 aliphatic heterocycles. The van der Waals surface area contributed by atoms with Crippen molar-refractivity contribution < 1.29 is 19.0 Å². The normalized spacial score (nSPS) is 13.7. The molecule has 0 fully saturated rings. The standard InChI is InChI=1S/C18H14O5/c19-12-3-4-13-16(9-12)23-10-14(18(13)20)11-2-5-15-17(8-11)22-7-1-6-21-15/h2-5,8-10,19H,1,6-7H2. The van der Waals surface area contributed by atoms with Crippen LogP contribution in [0.1, 0.15) is 6.42 Å². The fraction of sp³-hybridized carbons (Fsp3) is 0.167. The lowest BCUT2D eigenvalue weighted by Gasteiger charge is -2.09. The number of fused-ring (bicyclic) bond motifs is 2. The van der Waals surface area contributed by atoms with E-state index >= 15 is 0 Å². The molecule has 0 saturated heterocycles. The second-order valence-electron chi connectivity index (χ2n) is 5.37. The van der Waals surface area contributed by atoms with E-state index in [2.05, 4.69) is 0 Å². The van der Waals surface area contributed by atoms with Crippen molar-refractivity contribution >= 4 is 11.0 Å². The zero-order valence-corrected chi connectivity index (χ0v) is 12.2. The molecule has 5 heteroatoms. The van der Waals surface area contributed by atoms with Crippen LogP contribution in [0, 0.1) is 0 Å². The predicted molar refractivity (Wildman–Crippen MR) is 85.2 cm³/mol. The van der Waals surface area contributed by atoms with Crippen molar-refractivity contribution in [2.24, 2.45) is 0 Å². The Kier molecular flexibility index (Phi) is 3.19. The Bertz CT molecular complexity index is 942. The summed E-state index contributed by atoms with van der Waals surface area (Å²) in [6, 6.07) is 9.86. The average molecular weight is 310 g/mol. The number of hydrogen-bond donors (Lipinski definition) is 1. The molecule has 1 aromatic heterocycles. The first-order valence-electron chi connectivity index (χ1n) is 7.37. The minimum absolute atomic E-state index is 0.0592. The fourth-order valence-corrected chi connectivity index (χ4v) is 2.65. The van der Waals surface area contributed by atoms with Gasteiger partial charge in [-0.1, -0.05) is 6.07 Å². The van der Waals surface area contributed by atoms with Crippen LogP contribution in [0.4, 0.5) is 0 Å². The zero-order chi connectivity index (χ0) is 15.8. The van der Waals surface area contributed by atoms with Crippen LogP contribution >= 0.6 is 0 Å². The van der Waals surface area contributed by atoms with E-state index in [-0.39, 0.29) is 11.2 Å². The van der Waals surface area contributed by atoms with Gasteiger partial charge in [-0.2, -0.15) is 0 Å². The molecule has 116 valence electrons.